The first-order valence-electron chi connectivity index (χ1n) is 32.3. The van der Waals surface area contributed by atoms with Gasteiger partial charge in [0.1, 0.15) is 47.2 Å². The van der Waals surface area contributed by atoms with Crippen LogP contribution in [0.15, 0.2) is 103 Å². The number of ether oxygens (including phenoxy) is 4. The Hall–Kier alpha value is -12.9. The fourth-order valence-electron chi connectivity index (χ4n) is 10.5. The van der Waals surface area contributed by atoms with Crippen LogP contribution in [0.25, 0.3) is 10.9 Å². The van der Waals surface area contributed by atoms with E-state index in [4.69, 9.17) is 69.3 Å². The number of benzene rings is 5. The van der Waals surface area contributed by atoms with Crippen molar-refractivity contribution < 1.29 is 67.2 Å². The summed E-state index contributed by atoms with van der Waals surface area (Å²) in [6, 6.07) is 17.4. The fraction of sp³-hybridized carbons (Fsp3) is 0.328. The topological polar surface area (TPSA) is 596 Å². The summed E-state index contributed by atoms with van der Waals surface area (Å²) in [4.78, 5) is 129. The normalized spacial score (nSPS) is 12.2. The van der Waals surface area contributed by atoms with Gasteiger partial charge in [0.05, 0.1) is 56.7 Å². The molecule has 5 aromatic carbocycles. The SMILES string of the molecule is COc1ccc(NC(=O)C(CCCNC(=N)N)NC(=O)c2cc(NC(=O)C(CCCNC(=N)N)NC(=O)c3cc(NC(=O)C(CCCNC(=N)N)NC(=O)c4cc(NC(=O)C(N)CCCNC(=N)N)ccc4OC)ccc3OC)ccc2OC)cc1C(=O)NC(Cc1c[nH]c2ccccc12)C(=O)O. The molecule has 5 atom stereocenters. The minimum absolute atomic E-state index is 0.00375. The van der Waals surface area contributed by atoms with Crippen molar-refractivity contribution in [3.8, 4) is 23.0 Å². The number of anilines is 4. The third-order valence-corrected chi connectivity index (χ3v) is 15.7. The van der Waals surface area contributed by atoms with E-state index in [2.05, 4.69) is 68.8 Å². The molecule has 8 amide bonds. The quantitative estimate of drug-likeness (QED) is 0.0146. The van der Waals surface area contributed by atoms with Crippen molar-refractivity contribution >= 4 is 111 Å². The third-order valence-electron chi connectivity index (χ3n) is 15.7. The Morgan fingerprint density at radius 3 is 1.04 bits per heavy atom. The summed E-state index contributed by atoms with van der Waals surface area (Å²) in [5.41, 5.74) is 29.2. The molecule has 550 valence electrons. The van der Waals surface area contributed by atoms with Crippen molar-refractivity contribution in [2.24, 2.45) is 28.7 Å². The number of rotatable bonds is 39. The molecule has 0 bridgehead atoms. The summed E-state index contributed by atoms with van der Waals surface area (Å²) in [5, 5.41) is 73.2. The molecule has 36 nitrogen and oxygen atoms in total. The smallest absolute Gasteiger partial charge is 0.326 e. The number of aromatic amines is 1. The Balaban J connectivity index is 1.20. The molecule has 6 rings (SSSR count). The standard InChI is InChI=1S/C67H88N22O14/c1-100-51-21-17-36(82-59(94)45(68)12-7-25-77-64(69)70)30-41(51)55(90)86-47(14-8-26-78-65(71)72)60(95)83-37-18-22-52(101-2)42(31-37)56(91)87-48(15-9-27-79-66(73)74)61(96)84-38-19-23-53(102-3)43(32-38)57(92)88-49(16-10-28-80-67(75)76)62(97)85-39-20-24-54(103-4)44(33-39)58(93)89-50(63(98)99)29-35-34-81-46-13-6-5-11-40(35)46/h5-6,11,13,17-24,30-34,45,47-50,81H,7-10,12,14-16,25-29,68H2,1-4H3,(H,82,94)(H,83,95)(H,84,96)(H,85,97)(H,86,90)(H,87,91)(H,88,92)(H,89,93)(H,98,99)(H4,69,70,77)(H4,71,72,78)(H4,73,74,79)(H4,75,76,80). The number of nitrogens with two attached hydrogens (primary N) is 5. The molecular formula is C67H88N22O14. The molecule has 0 radical (unpaired) electrons. The molecule has 0 spiro atoms. The Morgan fingerprint density at radius 1 is 0.427 bits per heavy atom. The van der Waals surface area contributed by atoms with Crippen molar-refractivity contribution in [1.29, 1.82) is 21.6 Å². The van der Waals surface area contributed by atoms with Gasteiger partial charge in [0, 0.05) is 72.4 Å². The van der Waals surface area contributed by atoms with Gasteiger partial charge in [-0.2, -0.15) is 0 Å². The first kappa shape index (κ1) is 79.1. The van der Waals surface area contributed by atoms with Crippen LogP contribution in [0.1, 0.15) is 98.4 Å². The van der Waals surface area contributed by atoms with Crippen LogP contribution < -0.4 is 111 Å². The number of hydrogen-bond donors (Lipinski definition) is 23. The van der Waals surface area contributed by atoms with Gasteiger partial charge in [-0.05, 0) is 136 Å². The molecule has 1 aromatic heterocycles. The monoisotopic (exact) mass is 1420 g/mol. The van der Waals surface area contributed by atoms with Gasteiger partial charge < -0.3 is 122 Å². The molecule has 0 saturated carbocycles. The number of aliphatic carboxylic acids is 1. The highest BCUT2D eigenvalue weighted by molar-refractivity contribution is 6.08. The molecule has 0 saturated heterocycles. The lowest BCUT2D eigenvalue weighted by Gasteiger charge is -2.22. The number of amides is 8. The highest BCUT2D eigenvalue weighted by Crippen LogP contribution is 2.29. The number of methoxy groups -OCH3 is 4. The molecule has 36 heteroatoms. The number of carboxylic acid groups (broad SMARTS) is 1. The first-order chi connectivity index (χ1) is 49.2. The van der Waals surface area contributed by atoms with Crippen LogP contribution in [-0.4, -0.2) is 172 Å². The zero-order valence-electron chi connectivity index (χ0n) is 57.0. The highest BCUT2D eigenvalue weighted by Gasteiger charge is 2.30. The van der Waals surface area contributed by atoms with Crippen LogP contribution in [0.2, 0.25) is 0 Å². The lowest BCUT2D eigenvalue weighted by molar-refractivity contribution is -0.139. The summed E-state index contributed by atoms with van der Waals surface area (Å²) in [7, 11) is 5.20. The number of fused-ring (bicyclic) bond motifs is 1. The number of carbonyl (C=O) groups is 9. The average molecular weight is 1430 g/mol. The molecule has 103 heavy (non-hydrogen) atoms. The fourth-order valence-corrected chi connectivity index (χ4v) is 10.5. The van der Waals surface area contributed by atoms with Gasteiger partial charge in [-0.1, -0.05) is 18.2 Å². The van der Waals surface area contributed by atoms with Gasteiger partial charge in [0.2, 0.25) is 23.6 Å². The van der Waals surface area contributed by atoms with Crippen LogP contribution in [-0.2, 0) is 30.4 Å². The minimum Gasteiger partial charge on any atom is -0.496 e. The Bertz CT molecular complexity index is 4090. The summed E-state index contributed by atoms with van der Waals surface area (Å²) in [6.07, 6.45) is 2.65. The predicted molar refractivity (Wildman–Crippen MR) is 386 cm³/mol. The number of carboxylic acids is 1. The largest absolute Gasteiger partial charge is 0.496 e. The van der Waals surface area contributed by atoms with E-state index in [9.17, 15) is 48.3 Å². The molecule has 0 aliphatic rings. The summed E-state index contributed by atoms with van der Waals surface area (Å²) >= 11 is 0. The van der Waals surface area contributed by atoms with Crippen LogP contribution >= 0.6 is 0 Å². The zero-order chi connectivity index (χ0) is 75.3. The Kier molecular flexibility index (Phi) is 30.0. The molecule has 5 unspecified atom stereocenters. The van der Waals surface area contributed by atoms with Gasteiger partial charge in [0.15, 0.2) is 23.8 Å². The molecular weight excluding hydrogens is 1340 g/mol. The second-order valence-corrected chi connectivity index (χ2v) is 23.2. The minimum atomic E-state index is -1.38. The van der Waals surface area contributed by atoms with E-state index in [0.29, 0.717) is 18.5 Å². The lowest BCUT2D eigenvalue weighted by Crippen LogP contribution is -2.45. The van der Waals surface area contributed by atoms with Crippen molar-refractivity contribution in [2.75, 3.05) is 75.9 Å². The molecule has 0 aliphatic carbocycles. The van der Waals surface area contributed by atoms with Gasteiger partial charge in [-0.3, -0.25) is 60.0 Å². The molecule has 6 aromatic rings. The maximum atomic E-state index is 14.5. The van der Waals surface area contributed by atoms with E-state index in [-0.39, 0.29) is 163 Å². The first-order valence-corrected chi connectivity index (χ1v) is 32.3. The molecule has 28 N–H and O–H groups in total. The van der Waals surface area contributed by atoms with E-state index >= 15 is 0 Å². The van der Waals surface area contributed by atoms with Gasteiger partial charge in [-0.15, -0.1) is 0 Å². The molecule has 1 heterocycles. The van der Waals surface area contributed by atoms with Gasteiger partial charge in [0.25, 0.3) is 23.6 Å². The number of aromatic nitrogens is 1. The van der Waals surface area contributed by atoms with Gasteiger partial charge in [-0.25, -0.2) is 4.79 Å². The van der Waals surface area contributed by atoms with Crippen LogP contribution in [0.3, 0.4) is 0 Å². The number of carbonyl (C=O) groups excluding carboxylic acids is 8. The maximum absolute atomic E-state index is 14.5. The van der Waals surface area contributed by atoms with E-state index in [1.54, 1.807) is 12.3 Å². The van der Waals surface area contributed by atoms with E-state index in [1.807, 2.05) is 18.2 Å². The second kappa shape index (κ2) is 39.0. The predicted octanol–water partition coefficient (Wildman–Crippen LogP) is 1.16. The number of H-pyrrole nitrogens is 1. The van der Waals surface area contributed by atoms with Gasteiger partial charge >= 0.3 is 5.97 Å². The zero-order valence-corrected chi connectivity index (χ0v) is 57.0. The molecule has 0 fully saturated rings. The van der Waals surface area contributed by atoms with E-state index in [0.717, 1.165) is 10.9 Å². The Labute approximate surface area is 591 Å². The number of hydrogen-bond acceptors (Lipinski definition) is 18. The second-order valence-electron chi connectivity index (χ2n) is 23.2. The number of para-hydroxylation sites is 1. The Morgan fingerprint density at radius 2 is 0.728 bits per heavy atom. The van der Waals surface area contributed by atoms with E-state index < -0.39 is 83.4 Å². The van der Waals surface area contributed by atoms with Crippen molar-refractivity contribution in [2.45, 2.75) is 88.0 Å². The van der Waals surface area contributed by atoms with Crippen molar-refractivity contribution in [3.63, 3.8) is 0 Å². The van der Waals surface area contributed by atoms with Crippen LogP contribution in [0.4, 0.5) is 22.7 Å². The summed E-state index contributed by atoms with van der Waals surface area (Å²) in [5.74, 6) is -8.67. The maximum Gasteiger partial charge on any atom is 0.326 e. The highest BCUT2D eigenvalue weighted by atomic mass is 16.5. The number of guanidine groups is 4. The summed E-state index contributed by atoms with van der Waals surface area (Å²) < 4.78 is 22.0. The van der Waals surface area contributed by atoms with Crippen molar-refractivity contribution in [3.05, 3.63) is 131 Å². The third kappa shape index (κ3) is 24.2. The number of nitrogens with one attached hydrogen (secondary N) is 17. The van der Waals surface area contributed by atoms with Crippen LogP contribution in [0, 0.1) is 21.6 Å². The average Bonchev–Trinajstić information content (AvgIpc) is 1.79. The van der Waals surface area contributed by atoms with Crippen LogP contribution in [0.5, 0.6) is 23.0 Å². The lowest BCUT2D eigenvalue weighted by atomic mass is 10.0. The van der Waals surface area contributed by atoms with E-state index in [1.165, 1.54) is 101 Å². The van der Waals surface area contributed by atoms with Crippen molar-refractivity contribution in [1.82, 2.24) is 47.5 Å². The summed E-state index contributed by atoms with van der Waals surface area (Å²) in [6.45, 7) is 0.651. The molecule has 0 aliphatic heterocycles.